The van der Waals surface area contributed by atoms with Crippen LogP contribution in [0.5, 0.6) is 0 Å². The molecule has 1 amide bonds. The lowest BCUT2D eigenvalue weighted by Crippen LogP contribution is -2.61. The van der Waals surface area contributed by atoms with Crippen molar-refractivity contribution in [2.45, 2.75) is 31.2 Å². The van der Waals surface area contributed by atoms with Crippen LogP contribution in [-0.4, -0.2) is 40.2 Å². The van der Waals surface area contributed by atoms with Crippen LogP contribution in [0, 0.1) is 5.92 Å². The molecule has 1 saturated heterocycles. The average Bonchev–Trinajstić information content (AvgIpc) is 2.59. The van der Waals surface area contributed by atoms with Gasteiger partial charge in [-0.05, 0) is 23.9 Å². The maximum atomic E-state index is 12.5. The number of rotatable bonds is 2. The molecule has 2 N–H and O–H groups in total. The van der Waals surface area contributed by atoms with Gasteiger partial charge in [0.1, 0.15) is 0 Å². The minimum atomic E-state index is -1.43. The van der Waals surface area contributed by atoms with Gasteiger partial charge in [0.2, 0.25) is 5.91 Å². The third kappa shape index (κ3) is 3.42. The van der Waals surface area contributed by atoms with Gasteiger partial charge in [-0.25, -0.2) is 4.99 Å². The number of carbonyl (C=O) groups excluding carboxylic acids is 1. The van der Waals surface area contributed by atoms with Crippen molar-refractivity contribution >= 4 is 50.9 Å². The van der Waals surface area contributed by atoms with E-state index in [-0.39, 0.29) is 17.7 Å². The highest BCUT2D eigenvalue weighted by Crippen LogP contribution is 2.39. The Morgan fingerprint density at radius 1 is 1.33 bits per heavy atom. The van der Waals surface area contributed by atoms with E-state index in [1.54, 1.807) is 0 Å². The Bertz CT molecular complexity index is 927. The van der Waals surface area contributed by atoms with E-state index in [0.29, 0.717) is 23.2 Å². The van der Waals surface area contributed by atoms with Gasteiger partial charge in [-0.2, -0.15) is 0 Å². The number of hydrogen-bond donors (Lipinski definition) is 2. The first-order chi connectivity index (χ1) is 12.9. The van der Waals surface area contributed by atoms with E-state index in [9.17, 15) is 9.90 Å². The maximum Gasteiger partial charge on any atom is 0.234 e. The molecule has 2 unspecified atom stereocenters. The molecule has 27 heavy (non-hydrogen) atoms. The number of aliphatic hydroxyl groups is 1. The van der Waals surface area contributed by atoms with Gasteiger partial charge in [-0.3, -0.25) is 4.79 Å². The molecule has 0 aromatic heterocycles. The van der Waals surface area contributed by atoms with E-state index in [4.69, 9.17) is 11.6 Å². The Labute approximate surface area is 167 Å². The van der Waals surface area contributed by atoms with Gasteiger partial charge in [-0.15, -0.1) is 0 Å². The van der Waals surface area contributed by atoms with Crippen molar-refractivity contribution in [3.05, 3.63) is 41.4 Å². The van der Waals surface area contributed by atoms with Gasteiger partial charge in [-0.1, -0.05) is 61.5 Å². The number of piperidine rings is 1. The molecule has 4 rings (SSSR count). The second-order valence-corrected chi connectivity index (χ2v) is 9.30. The summed E-state index contributed by atoms with van der Waals surface area (Å²) >= 11 is 7.93. The van der Waals surface area contributed by atoms with Crippen LogP contribution >= 0.6 is 23.4 Å². The molecule has 0 saturated carbocycles. The van der Waals surface area contributed by atoms with E-state index < -0.39 is 11.6 Å². The first-order valence-corrected chi connectivity index (χ1v) is 10.3. The summed E-state index contributed by atoms with van der Waals surface area (Å²) in [6.07, 6.45) is 0.534. The largest absolute Gasteiger partial charge is 0.367 e. The second-order valence-electron chi connectivity index (χ2n) is 7.33. The highest BCUT2D eigenvalue weighted by Gasteiger charge is 2.49. The monoisotopic (exact) mass is 403 g/mol. The summed E-state index contributed by atoms with van der Waals surface area (Å²) in [6, 6.07) is 11.8. The van der Waals surface area contributed by atoms with Gasteiger partial charge in [0, 0.05) is 22.9 Å². The molecule has 7 heteroatoms. The smallest absolute Gasteiger partial charge is 0.234 e. The average molecular weight is 404 g/mol. The molecule has 2 heterocycles. The summed E-state index contributed by atoms with van der Waals surface area (Å²) in [5, 5.41) is 17.6. The lowest BCUT2D eigenvalue weighted by atomic mass is 9.86. The van der Waals surface area contributed by atoms with E-state index in [0.717, 1.165) is 16.5 Å². The Hall–Kier alpha value is -1.76. The predicted molar refractivity (Wildman–Crippen MR) is 113 cm³/mol. The van der Waals surface area contributed by atoms with Crippen molar-refractivity contribution in [1.29, 1.82) is 0 Å². The van der Waals surface area contributed by atoms with Gasteiger partial charge in [0.05, 0.1) is 17.5 Å². The normalized spacial score (nSPS) is 25.4. The first kappa shape index (κ1) is 18.6. The van der Waals surface area contributed by atoms with Crippen LogP contribution in [0.25, 0.3) is 10.8 Å². The number of thioether (sulfide) groups is 1. The zero-order valence-corrected chi connectivity index (χ0v) is 16.8. The summed E-state index contributed by atoms with van der Waals surface area (Å²) in [4.78, 5) is 19.2. The number of amides is 1. The first-order valence-electron chi connectivity index (χ1n) is 9.09. The summed E-state index contributed by atoms with van der Waals surface area (Å²) < 4.78 is 0. The van der Waals surface area contributed by atoms with Gasteiger partial charge >= 0.3 is 0 Å². The molecule has 0 radical (unpaired) electrons. The van der Waals surface area contributed by atoms with Crippen LogP contribution in [0.4, 0.5) is 5.69 Å². The van der Waals surface area contributed by atoms with Crippen LogP contribution < -0.4 is 10.2 Å². The number of benzene rings is 2. The number of β-amino-alcohol motifs (C(OH)–C–C–N with tert-alkyl or cyclic N) is 1. The van der Waals surface area contributed by atoms with Crippen LogP contribution in [-0.2, 0) is 4.79 Å². The molecule has 2 aliphatic heterocycles. The molecule has 0 aliphatic carbocycles. The van der Waals surface area contributed by atoms with Crippen LogP contribution in [0.15, 0.2) is 41.4 Å². The third-order valence-corrected chi connectivity index (χ3v) is 6.23. The lowest BCUT2D eigenvalue weighted by molar-refractivity contribution is -0.135. The molecule has 0 spiro atoms. The van der Waals surface area contributed by atoms with E-state index >= 15 is 0 Å². The van der Waals surface area contributed by atoms with Crippen LogP contribution in [0.2, 0.25) is 5.02 Å². The SMILES string of the molecule is CC(C)SC1=NC2(O)CN(c3cccc4cccc(Cl)c34)CCC2C(=O)N1. The fourth-order valence-electron chi connectivity index (χ4n) is 3.86. The highest BCUT2D eigenvalue weighted by molar-refractivity contribution is 8.14. The topological polar surface area (TPSA) is 64.9 Å². The molecular formula is C20H22ClN3O2S. The Morgan fingerprint density at radius 2 is 2.07 bits per heavy atom. The summed E-state index contributed by atoms with van der Waals surface area (Å²) in [6.45, 7) is 4.98. The van der Waals surface area contributed by atoms with Crippen molar-refractivity contribution < 1.29 is 9.90 Å². The minimum absolute atomic E-state index is 0.147. The van der Waals surface area contributed by atoms with Gasteiger partial charge < -0.3 is 15.3 Å². The van der Waals surface area contributed by atoms with E-state index in [1.807, 2.05) is 50.2 Å². The number of fused-ring (bicyclic) bond motifs is 2. The van der Waals surface area contributed by atoms with E-state index in [1.165, 1.54) is 11.8 Å². The molecule has 1 fully saturated rings. The summed E-state index contributed by atoms with van der Waals surface area (Å²) in [5.74, 6) is -0.679. The number of nitrogens with zero attached hydrogens (tertiary/aromatic N) is 2. The Balaban J connectivity index is 1.72. The number of anilines is 1. The Kier molecular flexibility index (Phi) is 4.82. The molecule has 2 aromatic rings. The number of hydrogen-bond acceptors (Lipinski definition) is 5. The van der Waals surface area contributed by atoms with Crippen molar-refractivity contribution in [3.63, 3.8) is 0 Å². The van der Waals surface area contributed by atoms with Gasteiger partial charge in [0.25, 0.3) is 0 Å². The quantitative estimate of drug-likeness (QED) is 0.803. The zero-order chi connectivity index (χ0) is 19.2. The number of aliphatic imine (C=N–C) groups is 1. The fourth-order valence-corrected chi connectivity index (χ4v) is 4.96. The third-order valence-electron chi connectivity index (χ3n) is 5.03. The van der Waals surface area contributed by atoms with Crippen LogP contribution in [0.3, 0.4) is 0 Å². The number of nitrogens with one attached hydrogen (secondary N) is 1. The summed E-state index contributed by atoms with van der Waals surface area (Å²) in [7, 11) is 0. The molecule has 2 aliphatic rings. The molecule has 5 nitrogen and oxygen atoms in total. The van der Waals surface area contributed by atoms with Crippen molar-refractivity contribution in [1.82, 2.24) is 5.32 Å². The van der Waals surface area contributed by atoms with Crippen molar-refractivity contribution in [3.8, 4) is 0 Å². The van der Waals surface area contributed by atoms with Crippen molar-refractivity contribution in [2.75, 3.05) is 18.0 Å². The summed E-state index contributed by atoms with van der Waals surface area (Å²) in [5.41, 5.74) is -0.467. The molecule has 142 valence electrons. The number of halogens is 1. The maximum absolute atomic E-state index is 12.5. The number of carbonyl (C=O) groups is 1. The molecular weight excluding hydrogens is 382 g/mol. The predicted octanol–water partition coefficient (Wildman–Crippen LogP) is 3.64. The zero-order valence-electron chi connectivity index (χ0n) is 15.3. The lowest BCUT2D eigenvalue weighted by Gasteiger charge is -2.45. The molecule has 2 aromatic carbocycles. The molecule has 0 bridgehead atoms. The highest BCUT2D eigenvalue weighted by atomic mass is 35.5. The minimum Gasteiger partial charge on any atom is -0.367 e. The fraction of sp³-hybridized carbons (Fsp3) is 0.400. The molecule has 2 atom stereocenters. The van der Waals surface area contributed by atoms with E-state index in [2.05, 4.69) is 15.2 Å². The van der Waals surface area contributed by atoms with Gasteiger partial charge in [0.15, 0.2) is 10.9 Å². The number of amidine groups is 1. The standard InChI is InChI=1S/C20H22ClN3O2S/c1-12(2)27-19-22-18(25)14-9-10-24(11-20(14,26)23-19)16-8-4-6-13-5-3-7-15(21)17(13)16/h3-8,12,14,26H,9-11H2,1-2H3,(H,22,23,25). The van der Waals surface area contributed by atoms with Crippen LogP contribution in [0.1, 0.15) is 20.3 Å². The second kappa shape index (κ2) is 7.00. The van der Waals surface area contributed by atoms with Crippen molar-refractivity contribution in [2.24, 2.45) is 10.9 Å². The Morgan fingerprint density at radius 3 is 2.81 bits per heavy atom.